The van der Waals surface area contributed by atoms with Crippen molar-refractivity contribution in [2.75, 3.05) is 11.4 Å². The third-order valence-corrected chi connectivity index (χ3v) is 4.42. The quantitative estimate of drug-likeness (QED) is 0.841. The van der Waals surface area contributed by atoms with Crippen molar-refractivity contribution in [3.63, 3.8) is 0 Å². The lowest BCUT2D eigenvalue weighted by Crippen LogP contribution is -2.42. The molecule has 2 aliphatic rings. The first-order valence-electron chi connectivity index (χ1n) is 7.26. The van der Waals surface area contributed by atoms with Gasteiger partial charge < -0.3 is 10.0 Å². The highest BCUT2D eigenvalue weighted by Gasteiger charge is 2.36. The largest absolute Gasteiger partial charge is 0.392 e. The van der Waals surface area contributed by atoms with Gasteiger partial charge in [-0.2, -0.15) is 0 Å². The molecule has 1 aliphatic heterocycles. The summed E-state index contributed by atoms with van der Waals surface area (Å²) in [5.41, 5.74) is 3.57. The third kappa shape index (κ3) is 2.27. The number of carbonyl (C=O) groups excluding carboxylic acids is 1. The number of aliphatic hydroxyl groups excluding tert-OH is 1. The van der Waals surface area contributed by atoms with Crippen LogP contribution in [0.2, 0.25) is 0 Å². The van der Waals surface area contributed by atoms with Gasteiger partial charge in [-0.25, -0.2) is 0 Å². The van der Waals surface area contributed by atoms with E-state index in [-0.39, 0.29) is 11.8 Å². The van der Waals surface area contributed by atoms with Gasteiger partial charge in [-0.3, -0.25) is 4.79 Å². The number of benzene rings is 1. The van der Waals surface area contributed by atoms with Gasteiger partial charge in [0.1, 0.15) is 0 Å². The average molecular weight is 259 g/mol. The molecular weight excluding hydrogens is 238 g/mol. The van der Waals surface area contributed by atoms with Crippen molar-refractivity contribution in [2.24, 2.45) is 5.92 Å². The van der Waals surface area contributed by atoms with Crippen LogP contribution >= 0.6 is 0 Å². The van der Waals surface area contributed by atoms with Gasteiger partial charge in [0.25, 0.3) is 0 Å². The number of nitrogens with zero attached hydrogens (tertiary/aromatic N) is 1. The molecule has 0 aromatic heterocycles. The van der Waals surface area contributed by atoms with Crippen LogP contribution in [-0.2, 0) is 11.2 Å². The molecule has 0 spiro atoms. The average Bonchev–Trinajstić information content (AvgIpc) is 2.83. The van der Waals surface area contributed by atoms with Crippen LogP contribution in [0.3, 0.4) is 0 Å². The Kier molecular flexibility index (Phi) is 3.31. The lowest BCUT2D eigenvalue weighted by atomic mass is 9.96. The van der Waals surface area contributed by atoms with Gasteiger partial charge in [0.2, 0.25) is 5.91 Å². The molecule has 2 atom stereocenters. The summed E-state index contributed by atoms with van der Waals surface area (Å²) in [5, 5.41) is 9.93. The normalized spacial score (nSPS) is 26.3. The molecule has 1 fully saturated rings. The van der Waals surface area contributed by atoms with E-state index in [0.29, 0.717) is 0 Å². The molecule has 0 radical (unpaired) electrons. The first kappa shape index (κ1) is 12.7. The van der Waals surface area contributed by atoms with Crippen LogP contribution in [0, 0.1) is 12.8 Å². The fourth-order valence-electron chi connectivity index (χ4n) is 3.38. The van der Waals surface area contributed by atoms with Gasteiger partial charge >= 0.3 is 0 Å². The maximum Gasteiger partial charge on any atom is 0.232 e. The van der Waals surface area contributed by atoms with Gasteiger partial charge in [-0.15, -0.1) is 0 Å². The van der Waals surface area contributed by atoms with Crippen molar-refractivity contribution < 1.29 is 9.90 Å². The fraction of sp³-hybridized carbons (Fsp3) is 0.562. The Hall–Kier alpha value is -1.35. The van der Waals surface area contributed by atoms with E-state index in [4.69, 9.17) is 0 Å². The summed E-state index contributed by atoms with van der Waals surface area (Å²) in [7, 11) is 0. The minimum absolute atomic E-state index is 0.120. The van der Waals surface area contributed by atoms with Crippen molar-refractivity contribution in [2.45, 2.75) is 45.1 Å². The topological polar surface area (TPSA) is 40.5 Å². The summed E-state index contributed by atoms with van der Waals surface area (Å²) in [5.74, 6) is -0.0675. The summed E-state index contributed by atoms with van der Waals surface area (Å²) >= 11 is 0. The molecule has 3 nitrogen and oxygen atoms in total. The Labute approximate surface area is 114 Å². The van der Waals surface area contributed by atoms with Crippen LogP contribution in [0.15, 0.2) is 18.2 Å². The van der Waals surface area contributed by atoms with Gasteiger partial charge in [0.05, 0.1) is 12.0 Å². The number of hydrogen-bond donors (Lipinski definition) is 1. The first-order chi connectivity index (χ1) is 9.16. The minimum atomic E-state index is -0.441. The standard InChI is InChI=1S/C16H21NO2/c1-11-7-8-14-12(10-11)4-3-9-17(14)16(19)13-5-2-6-15(13)18/h7-8,10,13,15,18H,2-6,9H2,1H3. The van der Waals surface area contributed by atoms with Crippen LogP contribution in [0.1, 0.15) is 36.8 Å². The summed E-state index contributed by atoms with van der Waals surface area (Å²) in [6.07, 6.45) is 4.19. The van der Waals surface area contributed by atoms with Gasteiger partial charge in [-0.05, 0) is 50.7 Å². The molecule has 0 bridgehead atoms. The molecule has 1 heterocycles. The maximum absolute atomic E-state index is 12.6. The zero-order valence-corrected chi connectivity index (χ0v) is 11.4. The van der Waals surface area contributed by atoms with Crippen LogP contribution in [-0.4, -0.2) is 23.7 Å². The van der Waals surface area contributed by atoms with E-state index < -0.39 is 6.10 Å². The summed E-state index contributed by atoms with van der Waals surface area (Å²) in [6.45, 7) is 2.87. The van der Waals surface area contributed by atoms with Crippen LogP contribution < -0.4 is 4.90 Å². The molecule has 102 valence electrons. The minimum Gasteiger partial charge on any atom is -0.392 e. The number of fused-ring (bicyclic) bond motifs is 1. The molecule has 19 heavy (non-hydrogen) atoms. The Bertz CT molecular complexity index is 498. The number of aliphatic hydroxyl groups is 1. The fourth-order valence-corrected chi connectivity index (χ4v) is 3.38. The summed E-state index contributed by atoms with van der Waals surface area (Å²) < 4.78 is 0. The molecule has 1 aromatic carbocycles. The van der Waals surface area contributed by atoms with Crippen molar-refractivity contribution in [3.8, 4) is 0 Å². The second-order valence-corrected chi connectivity index (χ2v) is 5.83. The molecule has 1 amide bonds. The van der Waals surface area contributed by atoms with E-state index in [0.717, 1.165) is 44.3 Å². The van der Waals surface area contributed by atoms with E-state index in [9.17, 15) is 9.90 Å². The molecule has 1 aromatic rings. The van der Waals surface area contributed by atoms with E-state index in [2.05, 4.69) is 25.1 Å². The Balaban J connectivity index is 1.89. The van der Waals surface area contributed by atoms with Gasteiger partial charge in [0.15, 0.2) is 0 Å². The highest BCUT2D eigenvalue weighted by Crippen LogP contribution is 2.33. The Morgan fingerprint density at radius 2 is 2.16 bits per heavy atom. The van der Waals surface area contributed by atoms with E-state index in [1.807, 2.05) is 4.90 Å². The van der Waals surface area contributed by atoms with E-state index in [1.165, 1.54) is 11.1 Å². The van der Waals surface area contributed by atoms with Crippen LogP contribution in [0.5, 0.6) is 0 Å². The van der Waals surface area contributed by atoms with Crippen LogP contribution in [0.4, 0.5) is 5.69 Å². The molecule has 1 saturated carbocycles. The molecule has 0 saturated heterocycles. The zero-order chi connectivity index (χ0) is 13.4. The summed E-state index contributed by atoms with van der Waals surface area (Å²) in [6, 6.07) is 6.30. The molecule has 3 rings (SSSR count). The highest BCUT2D eigenvalue weighted by molar-refractivity contribution is 5.96. The third-order valence-electron chi connectivity index (χ3n) is 4.42. The number of carbonyl (C=O) groups is 1. The molecule has 2 unspecified atom stereocenters. The van der Waals surface area contributed by atoms with E-state index >= 15 is 0 Å². The van der Waals surface area contributed by atoms with Crippen molar-refractivity contribution >= 4 is 11.6 Å². The Morgan fingerprint density at radius 1 is 1.32 bits per heavy atom. The first-order valence-corrected chi connectivity index (χ1v) is 7.26. The maximum atomic E-state index is 12.6. The smallest absolute Gasteiger partial charge is 0.232 e. The molecule has 1 aliphatic carbocycles. The summed E-state index contributed by atoms with van der Waals surface area (Å²) in [4.78, 5) is 14.5. The predicted octanol–water partition coefficient (Wildman–Crippen LogP) is 2.44. The van der Waals surface area contributed by atoms with E-state index in [1.54, 1.807) is 0 Å². The lowest BCUT2D eigenvalue weighted by molar-refractivity contribution is -0.124. The number of anilines is 1. The second kappa shape index (κ2) is 4.97. The Morgan fingerprint density at radius 3 is 2.89 bits per heavy atom. The second-order valence-electron chi connectivity index (χ2n) is 5.83. The highest BCUT2D eigenvalue weighted by atomic mass is 16.3. The van der Waals surface area contributed by atoms with Crippen LogP contribution in [0.25, 0.3) is 0 Å². The van der Waals surface area contributed by atoms with Gasteiger partial charge in [-0.1, -0.05) is 17.7 Å². The monoisotopic (exact) mass is 259 g/mol. The number of amides is 1. The van der Waals surface area contributed by atoms with Crippen molar-refractivity contribution in [3.05, 3.63) is 29.3 Å². The van der Waals surface area contributed by atoms with Crippen molar-refractivity contribution in [1.29, 1.82) is 0 Å². The SMILES string of the molecule is Cc1ccc2c(c1)CCCN2C(=O)C1CCCC1O. The lowest BCUT2D eigenvalue weighted by Gasteiger charge is -2.32. The predicted molar refractivity (Wildman–Crippen MR) is 75.2 cm³/mol. The van der Waals surface area contributed by atoms with Crippen molar-refractivity contribution in [1.82, 2.24) is 0 Å². The number of hydrogen-bond acceptors (Lipinski definition) is 2. The molecule has 3 heteroatoms. The molecule has 1 N–H and O–H groups in total. The molecular formula is C16H21NO2. The zero-order valence-electron chi connectivity index (χ0n) is 11.4. The number of aryl methyl sites for hydroxylation is 2. The van der Waals surface area contributed by atoms with Gasteiger partial charge in [0, 0.05) is 12.2 Å². The number of rotatable bonds is 1.